The van der Waals surface area contributed by atoms with E-state index in [0.717, 1.165) is 11.1 Å². The van der Waals surface area contributed by atoms with Crippen LogP contribution in [0.4, 0.5) is 5.95 Å². The lowest BCUT2D eigenvalue weighted by molar-refractivity contribution is 0.0969. The van der Waals surface area contributed by atoms with Gasteiger partial charge in [0.15, 0.2) is 16.9 Å². The fourth-order valence-electron chi connectivity index (χ4n) is 4.29. The highest BCUT2D eigenvalue weighted by molar-refractivity contribution is 6.09. The number of hydrogen-bond donors (Lipinski definition) is 0. The van der Waals surface area contributed by atoms with Crippen molar-refractivity contribution in [1.29, 1.82) is 0 Å². The molecule has 1 atom stereocenters. The van der Waals surface area contributed by atoms with Crippen molar-refractivity contribution in [2.24, 2.45) is 0 Å². The number of aryl methyl sites for hydroxylation is 2. The number of fused-ring (bicyclic) bond motifs is 2. The fourth-order valence-corrected chi connectivity index (χ4v) is 4.29. The molecule has 8 heteroatoms. The van der Waals surface area contributed by atoms with Gasteiger partial charge in [-0.05, 0) is 60.9 Å². The van der Waals surface area contributed by atoms with E-state index in [1.54, 1.807) is 54.9 Å². The van der Waals surface area contributed by atoms with Gasteiger partial charge in [-0.25, -0.2) is 9.97 Å². The van der Waals surface area contributed by atoms with Crippen LogP contribution < -0.4 is 19.8 Å². The lowest BCUT2D eigenvalue weighted by Crippen LogP contribution is -2.31. The molecule has 1 aliphatic rings. The summed E-state index contributed by atoms with van der Waals surface area (Å²) in [5, 5.41) is 0.415. The first-order valence-corrected chi connectivity index (χ1v) is 11.0. The van der Waals surface area contributed by atoms with E-state index in [1.807, 2.05) is 13.8 Å². The molecule has 4 aromatic rings. The van der Waals surface area contributed by atoms with Crippen molar-refractivity contribution in [3.63, 3.8) is 0 Å². The number of rotatable bonds is 6. The zero-order valence-corrected chi connectivity index (χ0v) is 19.6. The molecule has 8 nitrogen and oxygen atoms in total. The summed E-state index contributed by atoms with van der Waals surface area (Å²) in [5.74, 6) is 0.625. The highest BCUT2D eigenvalue weighted by atomic mass is 16.5. The Hall–Kier alpha value is -4.46. The molecule has 1 unspecified atom stereocenters. The molecule has 35 heavy (non-hydrogen) atoms. The van der Waals surface area contributed by atoms with E-state index >= 15 is 0 Å². The molecule has 176 valence electrons. The molecule has 0 bridgehead atoms. The van der Waals surface area contributed by atoms with Gasteiger partial charge in [-0.1, -0.05) is 18.7 Å². The first kappa shape index (κ1) is 22.3. The highest BCUT2D eigenvalue weighted by Crippen LogP contribution is 2.42. The smallest absolute Gasteiger partial charge is 0.297 e. The van der Waals surface area contributed by atoms with Crippen LogP contribution in [0.15, 0.2) is 70.7 Å². The van der Waals surface area contributed by atoms with Gasteiger partial charge in [0.25, 0.3) is 5.91 Å². The van der Waals surface area contributed by atoms with Crippen LogP contribution in [0.1, 0.15) is 38.9 Å². The average molecular weight is 469 g/mol. The summed E-state index contributed by atoms with van der Waals surface area (Å²) < 4.78 is 17.3. The normalized spacial score (nSPS) is 14.8. The van der Waals surface area contributed by atoms with Crippen molar-refractivity contribution in [3.8, 4) is 11.5 Å². The maximum atomic E-state index is 13.8. The molecule has 2 aromatic carbocycles. The van der Waals surface area contributed by atoms with Crippen LogP contribution in [0.3, 0.4) is 0 Å². The quantitative estimate of drug-likeness (QED) is 0.383. The van der Waals surface area contributed by atoms with Gasteiger partial charge in [0, 0.05) is 12.4 Å². The number of hydrogen-bond acceptors (Lipinski definition) is 7. The maximum absolute atomic E-state index is 13.8. The van der Waals surface area contributed by atoms with Crippen LogP contribution in [0.25, 0.3) is 11.0 Å². The molecule has 0 radical (unpaired) electrons. The van der Waals surface area contributed by atoms with Gasteiger partial charge in [-0.15, -0.1) is 0 Å². The number of ether oxygens (including phenoxy) is 2. The summed E-state index contributed by atoms with van der Waals surface area (Å²) in [6, 6.07) is 9.69. The fraction of sp³-hybridized carbons (Fsp3) is 0.185. The summed E-state index contributed by atoms with van der Waals surface area (Å²) in [7, 11) is 1.53. The number of amides is 1. The van der Waals surface area contributed by atoms with E-state index in [2.05, 4.69) is 16.5 Å². The van der Waals surface area contributed by atoms with E-state index < -0.39 is 11.9 Å². The lowest BCUT2D eigenvalue weighted by Gasteiger charge is -2.23. The number of aromatic nitrogens is 2. The van der Waals surface area contributed by atoms with Gasteiger partial charge in [-0.2, -0.15) is 0 Å². The molecule has 2 aromatic heterocycles. The number of benzene rings is 2. The van der Waals surface area contributed by atoms with Gasteiger partial charge < -0.3 is 13.9 Å². The molecule has 0 spiro atoms. The van der Waals surface area contributed by atoms with E-state index in [-0.39, 0.29) is 22.7 Å². The third-order valence-electron chi connectivity index (χ3n) is 6.11. The van der Waals surface area contributed by atoms with Crippen LogP contribution in [0, 0.1) is 13.8 Å². The van der Waals surface area contributed by atoms with E-state index in [4.69, 9.17) is 13.9 Å². The molecule has 5 rings (SSSR count). The SMILES string of the molecule is C=CCOc1ccc(C2c3c(oc4cc(C)c(C)cc4c3=O)C(=O)N2c2ncccn2)cc1OC. The van der Waals surface area contributed by atoms with Crippen LogP contribution >= 0.6 is 0 Å². The zero-order chi connectivity index (χ0) is 24.7. The summed E-state index contributed by atoms with van der Waals surface area (Å²) in [6.07, 6.45) is 4.72. The third kappa shape index (κ3) is 3.63. The van der Waals surface area contributed by atoms with Crippen molar-refractivity contribution in [2.75, 3.05) is 18.6 Å². The van der Waals surface area contributed by atoms with Crippen molar-refractivity contribution < 1.29 is 18.7 Å². The van der Waals surface area contributed by atoms with Crippen molar-refractivity contribution in [1.82, 2.24) is 9.97 Å². The molecule has 0 saturated carbocycles. The molecule has 3 heterocycles. The molecular weight excluding hydrogens is 446 g/mol. The lowest BCUT2D eigenvalue weighted by atomic mass is 9.97. The van der Waals surface area contributed by atoms with Crippen molar-refractivity contribution in [3.05, 3.63) is 99.7 Å². The molecular formula is C27H23N3O5. The molecule has 1 aliphatic heterocycles. The third-order valence-corrected chi connectivity index (χ3v) is 6.11. The Morgan fingerprint density at radius 3 is 2.54 bits per heavy atom. The Morgan fingerprint density at radius 2 is 1.83 bits per heavy atom. The maximum Gasteiger partial charge on any atom is 0.297 e. The van der Waals surface area contributed by atoms with Gasteiger partial charge in [0.05, 0.1) is 24.1 Å². The number of carbonyl (C=O) groups excluding carboxylic acids is 1. The zero-order valence-electron chi connectivity index (χ0n) is 19.6. The predicted molar refractivity (Wildman–Crippen MR) is 131 cm³/mol. The van der Waals surface area contributed by atoms with Crippen LogP contribution in [0.5, 0.6) is 11.5 Å². The largest absolute Gasteiger partial charge is 0.493 e. The van der Waals surface area contributed by atoms with E-state index in [9.17, 15) is 9.59 Å². The number of methoxy groups -OCH3 is 1. The Bertz CT molecular complexity index is 1530. The highest BCUT2D eigenvalue weighted by Gasteiger charge is 2.45. The van der Waals surface area contributed by atoms with Gasteiger partial charge in [0.2, 0.25) is 11.7 Å². The first-order chi connectivity index (χ1) is 16.9. The first-order valence-electron chi connectivity index (χ1n) is 11.0. The average Bonchev–Trinajstić information content (AvgIpc) is 3.17. The van der Waals surface area contributed by atoms with Crippen LogP contribution in [-0.2, 0) is 0 Å². The summed E-state index contributed by atoms with van der Waals surface area (Å²) >= 11 is 0. The minimum absolute atomic E-state index is 0.0193. The topological polar surface area (TPSA) is 94.8 Å². The van der Waals surface area contributed by atoms with Crippen molar-refractivity contribution in [2.45, 2.75) is 19.9 Å². The summed E-state index contributed by atoms with van der Waals surface area (Å²) in [6.45, 7) is 7.83. The molecule has 0 saturated heterocycles. The Balaban J connectivity index is 1.77. The molecule has 0 N–H and O–H groups in total. The molecule has 0 fully saturated rings. The van der Waals surface area contributed by atoms with Crippen molar-refractivity contribution >= 4 is 22.8 Å². The Kier molecular flexibility index (Phi) is 5.56. The monoisotopic (exact) mass is 469 g/mol. The second-order valence-corrected chi connectivity index (χ2v) is 8.24. The Labute approximate surface area is 201 Å². The number of anilines is 1. The van der Waals surface area contributed by atoms with Gasteiger partial charge >= 0.3 is 0 Å². The van der Waals surface area contributed by atoms with Gasteiger partial charge in [-0.3, -0.25) is 14.5 Å². The minimum atomic E-state index is -0.815. The van der Waals surface area contributed by atoms with E-state index in [1.165, 1.54) is 12.0 Å². The molecule has 1 amide bonds. The standard InChI is InChI=1S/C27H23N3O5/c1-5-11-34-19-8-7-17(14-21(19)33-4)23-22-24(31)18-12-15(2)16(3)13-20(18)35-25(22)26(32)30(23)27-28-9-6-10-29-27/h5-10,12-14,23H,1,11H2,2-4H3. The minimum Gasteiger partial charge on any atom is -0.493 e. The predicted octanol–water partition coefficient (Wildman–Crippen LogP) is 4.52. The second-order valence-electron chi connectivity index (χ2n) is 8.24. The van der Waals surface area contributed by atoms with Crippen LogP contribution in [0.2, 0.25) is 0 Å². The summed E-state index contributed by atoms with van der Waals surface area (Å²) in [4.78, 5) is 37.4. The second kappa shape index (κ2) is 8.72. The molecule has 0 aliphatic carbocycles. The number of carbonyl (C=O) groups is 1. The van der Waals surface area contributed by atoms with E-state index in [0.29, 0.717) is 34.6 Å². The number of nitrogens with zero attached hydrogens (tertiary/aromatic N) is 3. The van der Waals surface area contributed by atoms with Crippen LogP contribution in [-0.4, -0.2) is 29.6 Å². The Morgan fingerprint density at radius 1 is 1.09 bits per heavy atom. The summed E-state index contributed by atoms with van der Waals surface area (Å²) in [5.41, 5.74) is 2.88. The van der Waals surface area contributed by atoms with Gasteiger partial charge in [0.1, 0.15) is 12.2 Å².